The third-order valence-corrected chi connectivity index (χ3v) is 1.98. The average Bonchev–Trinajstić information content (AvgIpc) is 2.59. The molecule has 0 saturated heterocycles. The maximum absolute atomic E-state index is 10.6. The zero-order chi connectivity index (χ0) is 11.0. The molecule has 0 aromatic heterocycles. The third-order valence-electron chi connectivity index (χ3n) is 1.98. The molecule has 7 nitrogen and oxygen atoms in total. The molecular weight excluding hydrogens is 202 g/mol. The van der Waals surface area contributed by atoms with Gasteiger partial charge in [-0.25, -0.2) is 14.8 Å². The highest BCUT2D eigenvalue weighted by Crippen LogP contribution is 2.23. The van der Waals surface area contributed by atoms with Crippen LogP contribution in [0.15, 0.2) is 33.5 Å². The van der Waals surface area contributed by atoms with Gasteiger partial charge in [-0.3, -0.25) is 10.1 Å². The van der Waals surface area contributed by atoms with Crippen LogP contribution in [0.1, 0.15) is 0 Å². The second-order valence-electron chi connectivity index (χ2n) is 2.96. The van der Waals surface area contributed by atoms with Crippen LogP contribution in [0.25, 0.3) is 0 Å². The quantitative estimate of drug-likeness (QED) is 0.516. The Balaban J connectivity index is 2.34. The lowest BCUT2D eigenvalue weighted by molar-refractivity contribution is -0.414. The van der Waals surface area contributed by atoms with Crippen LogP contribution in [0.5, 0.6) is 0 Å². The maximum Gasteiger partial charge on any atom is 0.354 e. The number of nitrogens with zero attached hydrogens (tertiary/aromatic N) is 3. The topological polar surface area (TPSA) is 105 Å². The van der Waals surface area contributed by atoms with Gasteiger partial charge in [0.1, 0.15) is 17.7 Å². The summed E-state index contributed by atoms with van der Waals surface area (Å²) in [5.41, 5.74) is -0.283. The molecule has 0 aromatic rings. The Labute approximate surface area is 83.3 Å². The number of carboxylic acids is 1. The number of carbonyl (C=O) groups is 1. The normalized spacial score (nSPS) is 22.7. The molecule has 0 radical (unpaired) electrons. The van der Waals surface area contributed by atoms with Crippen molar-refractivity contribution in [2.24, 2.45) is 15.9 Å². The Hall–Kier alpha value is -2.31. The third kappa shape index (κ3) is 1.54. The molecule has 76 valence electrons. The van der Waals surface area contributed by atoms with Crippen LogP contribution in [0.2, 0.25) is 0 Å². The maximum atomic E-state index is 10.6. The fourth-order valence-electron chi connectivity index (χ4n) is 1.30. The number of aliphatic carboxylic acids is 1. The first-order valence-corrected chi connectivity index (χ1v) is 4.02. The molecule has 1 N–H and O–H groups in total. The first-order valence-electron chi connectivity index (χ1n) is 4.02. The van der Waals surface area contributed by atoms with Crippen molar-refractivity contribution >= 4 is 18.0 Å². The van der Waals surface area contributed by atoms with Gasteiger partial charge in [-0.2, -0.15) is 0 Å². The molecule has 2 rings (SSSR count). The van der Waals surface area contributed by atoms with Gasteiger partial charge in [-0.15, -0.1) is 0 Å². The smallest absolute Gasteiger partial charge is 0.354 e. The monoisotopic (exact) mass is 207 g/mol. The van der Waals surface area contributed by atoms with E-state index in [-0.39, 0.29) is 17.2 Å². The molecule has 2 aliphatic heterocycles. The first kappa shape index (κ1) is 9.25. The average molecular weight is 207 g/mol. The number of allylic oxidation sites excluding steroid dienone is 1. The van der Waals surface area contributed by atoms with Gasteiger partial charge < -0.3 is 5.11 Å². The number of amidine groups is 1. The van der Waals surface area contributed by atoms with Crippen molar-refractivity contribution in [2.75, 3.05) is 0 Å². The van der Waals surface area contributed by atoms with E-state index in [4.69, 9.17) is 5.11 Å². The minimum absolute atomic E-state index is 0.131. The van der Waals surface area contributed by atoms with Crippen LogP contribution in [-0.4, -0.2) is 28.0 Å². The number of nitro groups is 1. The molecule has 0 aliphatic carbocycles. The van der Waals surface area contributed by atoms with Crippen molar-refractivity contribution < 1.29 is 14.8 Å². The van der Waals surface area contributed by atoms with E-state index in [1.54, 1.807) is 0 Å². The SMILES string of the molecule is O=C(O)C1=C[C@@H]2C=C([N+](=O)[O-])C=NC2=N1. The molecule has 0 unspecified atom stereocenters. The van der Waals surface area contributed by atoms with Crippen LogP contribution < -0.4 is 0 Å². The predicted molar refractivity (Wildman–Crippen MR) is 50.2 cm³/mol. The van der Waals surface area contributed by atoms with E-state index < -0.39 is 16.8 Å². The van der Waals surface area contributed by atoms with E-state index in [2.05, 4.69) is 9.98 Å². The fraction of sp³-hybridized carbons (Fsp3) is 0.125. The standard InChI is InChI=1S/C8H5N3O4/c12-8(13)6-2-4-1-5(11(14)15)3-9-7(4)10-6/h1-4H,(H,12,13)/t4-/m0/s1. The van der Waals surface area contributed by atoms with Crippen LogP contribution in [0.4, 0.5) is 0 Å². The van der Waals surface area contributed by atoms with E-state index in [9.17, 15) is 14.9 Å². The molecule has 2 aliphatic rings. The Kier molecular flexibility index (Phi) is 1.93. The molecular formula is C8H5N3O4. The van der Waals surface area contributed by atoms with Gasteiger partial charge >= 0.3 is 5.97 Å². The second-order valence-corrected chi connectivity index (χ2v) is 2.96. The number of carboxylic acid groups (broad SMARTS) is 1. The van der Waals surface area contributed by atoms with Gasteiger partial charge in [0.15, 0.2) is 0 Å². The lowest BCUT2D eigenvalue weighted by Crippen LogP contribution is -2.14. The summed E-state index contributed by atoms with van der Waals surface area (Å²) in [6, 6.07) is 0. The molecule has 0 aromatic carbocycles. The molecule has 0 fully saturated rings. The summed E-state index contributed by atoms with van der Waals surface area (Å²) in [5, 5.41) is 19.1. The Morgan fingerprint density at radius 3 is 2.87 bits per heavy atom. The molecule has 0 bridgehead atoms. The number of rotatable bonds is 2. The molecule has 2 heterocycles. The van der Waals surface area contributed by atoms with Gasteiger partial charge in [0, 0.05) is 6.08 Å². The summed E-state index contributed by atoms with van der Waals surface area (Å²) in [5.74, 6) is -1.39. The van der Waals surface area contributed by atoms with Gasteiger partial charge in [-0.1, -0.05) is 0 Å². The Morgan fingerprint density at radius 1 is 1.53 bits per heavy atom. The highest BCUT2D eigenvalue weighted by molar-refractivity contribution is 6.05. The number of aliphatic imine (C=N–C) groups is 2. The second kappa shape index (κ2) is 3.12. The summed E-state index contributed by atoms with van der Waals surface area (Å²) in [7, 11) is 0. The zero-order valence-corrected chi connectivity index (χ0v) is 7.32. The lowest BCUT2D eigenvalue weighted by atomic mass is 10.1. The highest BCUT2D eigenvalue weighted by Gasteiger charge is 2.28. The summed E-state index contributed by atoms with van der Waals surface area (Å²) in [6.07, 6.45) is 3.72. The number of dihydropyridines is 1. The minimum atomic E-state index is -1.16. The number of hydrogen-bond donors (Lipinski definition) is 1. The van der Waals surface area contributed by atoms with Gasteiger partial charge in [0.2, 0.25) is 0 Å². The lowest BCUT2D eigenvalue weighted by Gasteiger charge is -2.05. The molecule has 0 amide bonds. The number of fused-ring (bicyclic) bond motifs is 1. The Morgan fingerprint density at radius 2 is 2.27 bits per heavy atom. The molecule has 15 heavy (non-hydrogen) atoms. The van der Waals surface area contributed by atoms with E-state index in [1.165, 1.54) is 12.2 Å². The predicted octanol–water partition coefficient (Wildman–Crippen LogP) is 0.228. The van der Waals surface area contributed by atoms with Crippen molar-refractivity contribution in [1.29, 1.82) is 0 Å². The molecule has 7 heteroatoms. The first-order chi connectivity index (χ1) is 7.08. The molecule has 0 spiro atoms. The summed E-state index contributed by atoms with van der Waals surface area (Å²) in [4.78, 5) is 27.9. The summed E-state index contributed by atoms with van der Waals surface area (Å²) < 4.78 is 0. The van der Waals surface area contributed by atoms with Gasteiger partial charge in [0.05, 0.1) is 10.8 Å². The van der Waals surface area contributed by atoms with Gasteiger partial charge in [-0.05, 0) is 6.08 Å². The Bertz CT molecular complexity index is 460. The van der Waals surface area contributed by atoms with E-state index >= 15 is 0 Å². The fourth-order valence-corrected chi connectivity index (χ4v) is 1.30. The summed E-state index contributed by atoms with van der Waals surface area (Å²) in [6.45, 7) is 0. The molecule has 0 saturated carbocycles. The van der Waals surface area contributed by atoms with Crippen molar-refractivity contribution in [1.82, 2.24) is 0 Å². The van der Waals surface area contributed by atoms with Crippen LogP contribution in [0.3, 0.4) is 0 Å². The van der Waals surface area contributed by atoms with Crippen LogP contribution >= 0.6 is 0 Å². The van der Waals surface area contributed by atoms with Gasteiger partial charge in [0.25, 0.3) is 5.70 Å². The van der Waals surface area contributed by atoms with Crippen LogP contribution in [0, 0.1) is 16.0 Å². The largest absolute Gasteiger partial charge is 0.477 e. The van der Waals surface area contributed by atoms with E-state index in [1.807, 2.05) is 0 Å². The highest BCUT2D eigenvalue weighted by atomic mass is 16.6. The van der Waals surface area contributed by atoms with Crippen molar-refractivity contribution in [3.05, 3.63) is 33.7 Å². The number of hydrogen-bond acceptors (Lipinski definition) is 5. The van der Waals surface area contributed by atoms with Crippen molar-refractivity contribution in [3.63, 3.8) is 0 Å². The molecule has 1 atom stereocenters. The van der Waals surface area contributed by atoms with Crippen molar-refractivity contribution in [2.45, 2.75) is 0 Å². The summed E-state index contributed by atoms with van der Waals surface area (Å²) >= 11 is 0. The zero-order valence-electron chi connectivity index (χ0n) is 7.32. The minimum Gasteiger partial charge on any atom is -0.477 e. The van der Waals surface area contributed by atoms with E-state index in [0.29, 0.717) is 0 Å². The van der Waals surface area contributed by atoms with E-state index in [0.717, 1.165) is 6.21 Å². The van der Waals surface area contributed by atoms with Crippen molar-refractivity contribution in [3.8, 4) is 0 Å². The van der Waals surface area contributed by atoms with Crippen LogP contribution in [-0.2, 0) is 4.79 Å².